The van der Waals surface area contributed by atoms with E-state index in [1.54, 1.807) is 11.8 Å². The molecule has 1 aliphatic heterocycles. The maximum absolute atomic E-state index is 12.0. The Morgan fingerprint density at radius 2 is 1.76 bits per heavy atom. The van der Waals surface area contributed by atoms with Crippen LogP contribution in [-0.4, -0.2) is 29.6 Å². The van der Waals surface area contributed by atoms with E-state index in [1.807, 2.05) is 18.2 Å². The average Bonchev–Trinajstić information content (AvgIpc) is 3.14. The second kappa shape index (κ2) is 9.64. The van der Waals surface area contributed by atoms with Gasteiger partial charge in [0.25, 0.3) is 0 Å². The van der Waals surface area contributed by atoms with Gasteiger partial charge in [0.2, 0.25) is 5.91 Å². The highest BCUT2D eigenvalue weighted by atomic mass is 32.2. The van der Waals surface area contributed by atoms with Crippen molar-refractivity contribution in [3.8, 4) is 0 Å². The quantitative estimate of drug-likeness (QED) is 0.725. The van der Waals surface area contributed by atoms with Crippen molar-refractivity contribution in [2.45, 2.75) is 37.2 Å². The number of nitrogens with zero attached hydrogens (tertiary/aromatic N) is 1. The molecule has 1 fully saturated rings. The molecule has 1 saturated heterocycles. The zero-order chi connectivity index (χ0) is 17.3. The molecule has 3 rings (SSSR count). The molecule has 1 N–H and O–H groups in total. The summed E-state index contributed by atoms with van der Waals surface area (Å²) in [5.74, 6) is 0.929. The van der Waals surface area contributed by atoms with Gasteiger partial charge in [0.1, 0.15) is 0 Å². The van der Waals surface area contributed by atoms with E-state index >= 15 is 0 Å². The normalized spacial score (nSPS) is 14.6. The Labute approximate surface area is 154 Å². The van der Waals surface area contributed by atoms with Crippen molar-refractivity contribution < 1.29 is 4.79 Å². The Morgan fingerprint density at radius 3 is 2.56 bits per heavy atom. The molecule has 0 spiro atoms. The van der Waals surface area contributed by atoms with Gasteiger partial charge in [0, 0.05) is 30.2 Å². The molecule has 0 aromatic heterocycles. The van der Waals surface area contributed by atoms with E-state index < -0.39 is 0 Å². The van der Waals surface area contributed by atoms with E-state index in [0.717, 1.165) is 12.3 Å². The maximum Gasteiger partial charge on any atom is 0.221 e. The molecule has 4 heteroatoms. The van der Waals surface area contributed by atoms with Gasteiger partial charge in [-0.25, -0.2) is 0 Å². The van der Waals surface area contributed by atoms with Crippen molar-refractivity contribution in [2.75, 3.05) is 18.8 Å². The smallest absolute Gasteiger partial charge is 0.221 e. The van der Waals surface area contributed by atoms with Crippen LogP contribution in [0.5, 0.6) is 0 Å². The van der Waals surface area contributed by atoms with Crippen LogP contribution < -0.4 is 5.32 Å². The molecule has 0 atom stereocenters. The molecule has 2 aromatic carbocycles. The molecule has 0 aliphatic carbocycles. The summed E-state index contributed by atoms with van der Waals surface area (Å²) in [5, 5.41) is 3.04. The maximum atomic E-state index is 12.0. The largest absolute Gasteiger partial charge is 0.352 e. The first-order chi connectivity index (χ1) is 12.3. The summed E-state index contributed by atoms with van der Waals surface area (Å²) >= 11 is 1.72. The summed E-state index contributed by atoms with van der Waals surface area (Å²) in [6.45, 7) is 4.05. The van der Waals surface area contributed by atoms with Gasteiger partial charge in [-0.05, 0) is 49.2 Å². The van der Waals surface area contributed by atoms with E-state index in [2.05, 4.69) is 46.6 Å². The standard InChI is InChI=1S/C21H26N2OS/c24-21(11-14-25-20-9-2-1-3-10-20)22-16-18-7-6-8-19(15-18)17-23-12-4-5-13-23/h1-3,6-10,15H,4-5,11-14,16-17H2,(H,22,24). The molecule has 0 bridgehead atoms. The third-order valence-electron chi connectivity index (χ3n) is 4.43. The summed E-state index contributed by atoms with van der Waals surface area (Å²) in [7, 11) is 0. The number of hydrogen-bond acceptors (Lipinski definition) is 3. The number of thioether (sulfide) groups is 1. The van der Waals surface area contributed by atoms with Crippen molar-refractivity contribution in [2.24, 2.45) is 0 Å². The minimum absolute atomic E-state index is 0.119. The molecular weight excluding hydrogens is 328 g/mol. The van der Waals surface area contributed by atoms with E-state index in [4.69, 9.17) is 0 Å². The molecule has 0 saturated carbocycles. The van der Waals surface area contributed by atoms with Gasteiger partial charge in [-0.3, -0.25) is 9.69 Å². The number of benzene rings is 2. The molecule has 2 aromatic rings. The van der Waals surface area contributed by atoms with Crippen LogP contribution in [0.1, 0.15) is 30.4 Å². The Bertz CT molecular complexity index is 669. The van der Waals surface area contributed by atoms with Crippen LogP contribution in [0.25, 0.3) is 0 Å². The lowest BCUT2D eigenvalue weighted by atomic mass is 10.1. The number of amides is 1. The van der Waals surface area contributed by atoms with Crippen molar-refractivity contribution in [3.05, 3.63) is 65.7 Å². The zero-order valence-corrected chi connectivity index (χ0v) is 15.4. The molecule has 0 radical (unpaired) electrons. The van der Waals surface area contributed by atoms with Crippen LogP contribution in [0.3, 0.4) is 0 Å². The lowest BCUT2D eigenvalue weighted by Gasteiger charge is -2.15. The minimum atomic E-state index is 0.119. The Kier molecular flexibility index (Phi) is 6.95. The van der Waals surface area contributed by atoms with E-state index in [1.165, 1.54) is 42.0 Å². The first kappa shape index (κ1) is 18.0. The van der Waals surface area contributed by atoms with Crippen LogP contribution in [-0.2, 0) is 17.9 Å². The first-order valence-corrected chi connectivity index (χ1v) is 10.0. The van der Waals surface area contributed by atoms with Gasteiger partial charge in [-0.2, -0.15) is 0 Å². The Hall–Kier alpha value is -1.78. The lowest BCUT2D eigenvalue weighted by molar-refractivity contribution is -0.120. The summed E-state index contributed by atoms with van der Waals surface area (Å²) < 4.78 is 0. The lowest BCUT2D eigenvalue weighted by Crippen LogP contribution is -2.23. The van der Waals surface area contributed by atoms with Crippen LogP contribution >= 0.6 is 11.8 Å². The molecular formula is C21H26N2OS. The van der Waals surface area contributed by atoms with Gasteiger partial charge in [0.05, 0.1) is 0 Å². The number of hydrogen-bond donors (Lipinski definition) is 1. The molecule has 1 heterocycles. The van der Waals surface area contributed by atoms with Gasteiger partial charge in [-0.1, -0.05) is 42.5 Å². The Balaban J connectivity index is 1.39. The number of carbonyl (C=O) groups excluding carboxylic acids is 1. The van der Waals surface area contributed by atoms with Gasteiger partial charge in [-0.15, -0.1) is 11.8 Å². The highest BCUT2D eigenvalue weighted by molar-refractivity contribution is 7.99. The third-order valence-corrected chi connectivity index (χ3v) is 5.44. The van der Waals surface area contributed by atoms with Crippen LogP contribution in [0.2, 0.25) is 0 Å². The van der Waals surface area contributed by atoms with E-state index in [0.29, 0.717) is 13.0 Å². The van der Waals surface area contributed by atoms with Gasteiger partial charge >= 0.3 is 0 Å². The molecule has 3 nitrogen and oxygen atoms in total. The van der Waals surface area contributed by atoms with Crippen molar-refractivity contribution in [1.29, 1.82) is 0 Å². The van der Waals surface area contributed by atoms with Crippen molar-refractivity contribution in [1.82, 2.24) is 10.2 Å². The van der Waals surface area contributed by atoms with Crippen LogP contribution in [0, 0.1) is 0 Å². The molecule has 25 heavy (non-hydrogen) atoms. The highest BCUT2D eigenvalue weighted by Crippen LogP contribution is 2.17. The monoisotopic (exact) mass is 354 g/mol. The second-order valence-electron chi connectivity index (χ2n) is 6.49. The van der Waals surface area contributed by atoms with Crippen molar-refractivity contribution >= 4 is 17.7 Å². The fourth-order valence-electron chi connectivity index (χ4n) is 3.10. The third kappa shape index (κ3) is 6.22. The molecule has 1 amide bonds. The average molecular weight is 355 g/mol. The van der Waals surface area contributed by atoms with Gasteiger partial charge < -0.3 is 5.32 Å². The fraction of sp³-hybridized carbons (Fsp3) is 0.381. The summed E-state index contributed by atoms with van der Waals surface area (Å²) in [6, 6.07) is 18.8. The SMILES string of the molecule is O=C(CCSc1ccccc1)NCc1cccc(CN2CCCC2)c1. The topological polar surface area (TPSA) is 32.3 Å². The number of likely N-dealkylation sites (tertiary alicyclic amines) is 1. The summed E-state index contributed by atoms with van der Waals surface area (Å²) in [6.07, 6.45) is 3.18. The number of rotatable bonds is 8. The zero-order valence-electron chi connectivity index (χ0n) is 14.6. The van der Waals surface area contributed by atoms with Crippen molar-refractivity contribution in [3.63, 3.8) is 0 Å². The Morgan fingerprint density at radius 1 is 1.00 bits per heavy atom. The molecule has 1 aliphatic rings. The minimum Gasteiger partial charge on any atom is -0.352 e. The summed E-state index contributed by atoms with van der Waals surface area (Å²) in [4.78, 5) is 15.7. The van der Waals surface area contributed by atoms with Gasteiger partial charge in [0.15, 0.2) is 0 Å². The summed E-state index contributed by atoms with van der Waals surface area (Å²) in [5.41, 5.74) is 2.52. The number of nitrogens with one attached hydrogen (secondary N) is 1. The predicted octanol–water partition coefficient (Wildman–Crippen LogP) is 4.08. The first-order valence-electron chi connectivity index (χ1n) is 9.04. The predicted molar refractivity (Wildman–Crippen MR) is 105 cm³/mol. The molecule has 0 unspecified atom stereocenters. The van der Waals surface area contributed by atoms with Crippen LogP contribution in [0.4, 0.5) is 0 Å². The number of carbonyl (C=O) groups is 1. The van der Waals surface area contributed by atoms with Crippen LogP contribution in [0.15, 0.2) is 59.5 Å². The van der Waals surface area contributed by atoms with E-state index in [-0.39, 0.29) is 5.91 Å². The highest BCUT2D eigenvalue weighted by Gasteiger charge is 2.11. The second-order valence-corrected chi connectivity index (χ2v) is 7.66. The molecule has 132 valence electrons. The fourth-order valence-corrected chi connectivity index (χ4v) is 3.98. The van der Waals surface area contributed by atoms with E-state index in [9.17, 15) is 4.79 Å².